The average Bonchev–Trinajstić information content (AvgIpc) is 3.06. The largest absolute Gasteiger partial charge is 0.493 e. The zero-order valence-corrected chi connectivity index (χ0v) is 15.3. The summed E-state index contributed by atoms with van der Waals surface area (Å²) >= 11 is 12.3. The molecule has 3 aromatic rings. The van der Waals surface area contributed by atoms with Gasteiger partial charge in [0.1, 0.15) is 11.6 Å². The van der Waals surface area contributed by atoms with E-state index < -0.39 is 6.67 Å². The van der Waals surface area contributed by atoms with E-state index in [1.807, 2.05) is 16.7 Å². The van der Waals surface area contributed by atoms with Crippen molar-refractivity contribution in [3.63, 3.8) is 0 Å². The minimum Gasteiger partial charge on any atom is -0.493 e. The van der Waals surface area contributed by atoms with E-state index in [-0.39, 0.29) is 6.61 Å². The summed E-state index contributed by atoms with van der Waals surface area (Å²) < 4.78 is 19.5. The number of aliphatic hydroxyl groups excluding tert-OH is 1. The number of halogens is 3. The maximum Gasteiger partial charge on any atom is 0.146 e. The summed E-state index contributed by atoms with van der Waals surface area (Å²) in [5.74, 6) is 1.25. The van der Waals surface area contributed by atoms with E-state index in [0.717, 1.165) is 5.69 Å². The van der Waals surface area contributed by atoms with Gasteiger partial charge >= 0.3 is 0 Å². The van der Waals surface area contributed by atoms with Gasteiger partial charge in [-0.25, -0.2) is 4.98 Å². The van der Waals surface area contributed by atoms with E-state index in [2.05, 4.69) is 4.98 Å². The molecule has 0 saturated carbocycles. The Morgan fingerprint density at radius 1 is 1.12 bits per heavy atom. The number of rotatable bonds is 7. The molecule has 136 valence electrons. The first-order valence-electron chi connectivity index (χ1n) is 8.06. The molecule has 0 spiro atoms. The molecular weight excluding hydrogens is 378 g/mol. The predicted octanol–water partition coefficient (Wildman–Crippen LogP) is 5.08. The second-order valence-electron chi connectivity index (χ2n) is 5.58. The highest BCUT2D eigenvalue weighted by molar-refractivity contribution is 6.36. The minimum atomic E-state index is -0.405. The van der Waals surface area contributed by atoms with Crippen molar-refractivity contribution in [1.82, 2.24) is 9.55 Å². The van der Waals surface area contributed by atoms with Crippen LogP contribution in [0.15, 0.2) is 48.7 Å². The van der Waals surface area contributed by atoms with Crippen LogP contribution in [-0.4, -0.2) is 27.9 Å². The molecule has 0 aliphatic heterocycles. The molecule has 7 heteroatoms. The Kier molecular flexibility index (Phi) is 6.14. The molecule has 0 unspecified atom stereocenters. The van der Waals surface area contributed by atoms with Crippen molar-refractivity contribution in [2.24, 2.45) is 0 Å². The lowest BCUT2D eigenvalue weighted by molar-refractivity contribution is 0.275. The summed E-state index contributed by atoms with van der Waals surface area (Å²) in [7, 11) is 0. The van der Waals surface area contributed by atoms with E-state index in [0.29, 0.717) is 45.9 Å². The number of alkyl halides is 1. The first-order chi connectivity index (χ1) is 12.6. The van der Waals surface area contributed by atoms with Crippen molar-refractivity contribution in [1.29, 1.82) is 0 Å². The Hall–Kier alpha value is -2.08. The van der Waals surface area contributed by atoms with E-state index in [1.165, 1.54) is 0 Å². The van der Waals surface area contributed by atoms with Gasteiger partial charge < -0.3 is 9.84 Å². The van der Waals surface area contributed by atoms with Crippen LogP contribution in [0.25, 0.3) is 17.1 Å². The van der Waals surface area contributed by atoms with Gasteiger partial charge in [-0.15, -0.1) is 0 Å². The molecule has 0 fully saturated rings. The maximum atomic E-state index is 12.2. The van der Waals surface area contributed by atoms with Gasteiger partial charge in [0.25, 0.3) is 0 Å². The number of benzene rings is 2. The molecule has 26 heavy (non-hydrogen) atoms. The SMILES string of the molecule is OCc1cnc(-c2ccc(Cl)cc2Cl)n1-c1ccc(OCCCF)cc1. The van der Waals surface area contributed by atoms with Gasteiger partial charge in [-0.05, 0) is 42.5 Å². The molecule has 0 amide bonds. The third-order valence-corrected chi connectivity index (χ3v) is 4.36. The van der Waals surface area contributed by atoms with Gasteiger partial charge in [-0.2, -0.15) is 0 Å². The second-order valence-corrected chi connectivity index (χ2v) is 6.42. The van der Waals surface area contributed by atoms with Gasteiger partial charge in [0, 0.05) is 22.7 Å². The molecule has 0 saturated heterocycles. The first-order valence-corrected chi connectivity index (χ1v) is 8.81. The van der Waals surface area contributed by atoms with E-state index >= 15 is 0 Å². The fourth-order valence-corrected chi connectivity index (χ4v) is 3.08. The molecule has 4 nitrogen and oxygen atoms in total. The van der Waals surface area contributed by atoms with Crippen molar-refractivity contribution in [3.05, 3.63) is 64.4 Å². The summed E-state index contributed by atoms with van der Waals surface area (Å²) in [6.45, 7) is -0.250. The van der Waals surface area contributed by atoms with Crippen LogP contribution >= 0.6 is 23.2 Å². The number of ether oxygens (including phenoxy) is 1. The Morgan fingerprint density at radius 3 is 2.54 bits per heavy atom. The summed E-state index contributed by atoms with van der Waals surface area (Å²) in [5, 5.41) is 10.7. The molecule has 0 atom stereocenters. The lowest BCUT2D eigenvalue weighted by Gasteiger charge is -2.13. The zero-order chi connectivity index (χ0) is 18.5. The monoisotopic (exact) mass is 394 g/mol. The van der Waals surface area contributed by atoms with Crippen LogP contribution in [0.5, 0.6) is 5.75 Å². The topological polar surface area (TPSA) is 47.3 Å². The standard InChI is InChI=1S/C19H17Cl2FN2O2/c20-13-2-7-17(18(21)10-13)19-23-11-15(12-25)24(19)14-3-5-16(6-4-14)26-9-1-8-22/h2-7,10-11,25H,1,8-9,12H2. The predicted molar refractivity (Wildman–Crippen MR) is 101 cm³/mol. The van der Waals surface area contributed by atoms with Crippen LogP contribution in [0.3, 0.4) is 0 Å². The number of hydrogen-bond acceptors (Lipinski definition) is 3. The van der Waals surface area contributed by atoms with E-state index in [9.17, 15) is 9.50 Å². The molecule has 0 radical (unpaired) electrons. The van der Waals surface area contributed by atoms with E-state index in [1.54, 1.807) is 36.5 Å². The second kappa shape index (κ2) is 8.54. The smallest absolute Gasteiger partial charge is 0.146 e. The minimum absolute atomic E-state index is 0.174. The van der Waals surface area contributed by atoms with Crippen molar-refractivity contribution in [2.75, 3.05) is 13.3 Å². The molecule has 1 heterocycles. The van der Waals surface area contributed by atoms with Crippen LogP contribution < -0.4 is 4.74 Å². The number of imidazole rings is 1. The van der Waals surface area contributed by atoms with Crippen LogP contribution in [0.4, 0.5) is 4.39 Å². The third-order valence-electron chi connectivity index (χ3n) is 3.81. The lowest BCUT2D eigenvalue weighted by Crippen LogP contribution is -2.03. The summed E-state index contributed by atoms with van der Waals surface area (Å²) in [4.78, 5) is 4.41. The Morgan fingerprint density at radius 2 is 1.88 bits per heavy atom. The normalized spacial score (nSPS) is 10.9. The quantitative estimate of drug-likeness (QED) is 0.568. The summed E-state index contributed by atoms with van der Waals surface area (Å²) in [6, 6.07) is 12.5. The van der Waals surface area contributed by atoms with Gasteiger partial charge in [0.2, 0.25) is 0 Å². The van der Waals surface area contributed by atoms with Crippen molar-refractivity contribution >= 4 is 23.2 Å². The van der Waals surface area contributed by atoms with Crippen LogP contribution in [0, 0.1) is 0 Å². The highest BCUT2D eigenvalue weighted by Crippen LogP contribution is 2.32. The molecule has 1 aromatic heterocycles. The number of nitrogens with zero attached hydrogens (tertiary/aromatic N) is 2. The van der Waals surface area contributed by atoms with Crippen molar-refractivity contribution in [2.45, 2.75) is 13.0 Å². The zero-order valence-electron chi connectivity index (χ0n) is 13.8. The van der Waals surface area contributed by atoms with Gasteiger partial charge in [0.15, 0.2) is 0 Å². The summed E-state index contributed by atoms with van der Waals surface area (Å²) in [6.07, 6.45) is 1.96. The van der Waals surface area contributed by atoms with Crippen molar-refractivity contribution in [3.8, 4) is 22.8 Å². The van der Waals surface area contributed by atoms with Crippen LogP contribution in [0.1, 0.15) is 12.1 Å². The lowest BCUT2D eigenvalue weighted by atomic mass is 10.2. The summed E-state index contributed by atoms with van der Waals surface area (Å²) in [5.41, 5.74) is 2.13. The Labute approximate surface area is 160 Å². The molecule has 1 N–H and O–H groups in total. The van der Waals surface area contributed by atoms with E-state index in [4.69, 9.17) is 27.9 Å². The molecule has 2 aromatic carbocycles. The Balaban J connectivity index is 1.98. The number of aromatic nitrogens is 2. The molecular formula is C19H17Cl2FN2O2. The Bertz CT molecular complexity index is 882. The molecule has 0 aliphatic rings. The maximum absolute atomic E-state index is 12.2. The number of hydrogen-bond donors (Lipinski definition) is 1. The molecule has 0 aliphatic carbocycles. The first kappa shape index (κ1) is 18.7. The highest BCUT2D eigenvalue weighted by Gasteiger charge is 2.16. The van der Waals surface area contributed by atoms with Gasteiger partial charge in [-0.1, -0.05) is 23.2 Å². The van der Waals surface area contributed by atoms with Gasteiger partial charge in [0.05, 0.1) is 36.8 Å². The van der Waals surface area contributed by atoms with Crippen LogP contribution in [0.2, 0.25) is 10.0 Å². The van der Waals surface area contributed by atoms with Gasteiger partial charge in [-0.3, -0.25) is 8.96 Å². The number of aliphatic hydroxyl groups is 1. The fraction of sp³-hybridized carbons (Fsp3) is 0.211. The highest BCUT2D eigenvalue weighted by atomic mass is 35.5. The molecule has 3 rings (SSSR count). The average molecular weight is 395 g/mol. The van der Waals surface area contributed by atoms with Crippen LogP contribution in [-0.2, 0) is 6.61 Å². The third kappa shape index (κ3) is 4.01. The van der Waals surface area contributed by atoms with Crippen molar-refractivity contribution < 1.29 is 14.2 Å². The fourth-order valence-electron chi connectivity index (χ4n) is 2.58. The molecule has 0 bridgehead atoms.